The fourth-order valence-corrected chi connectivity index (χ4v) is 2.25. The quantitative estimate of drug-likeness (QED) is 0.870. The number of ether oxygens (including phenoxy) is 1. The summed E-state index contributed by atoms with van der Waals surface area (Å²) in [5.74, 6) is -0.203. The van der Waals surface area contributed by atoms with E-state index in [1.807, 2.05) is 0 Å². The lowest BCUT2D eigenvalue weighted by Gasteiger charge is -2.22. The molecule has 0 bridgehead atoms. The number of rotatable bonds is 5. The van der Waals surface area contributed by atoms with Crippen LogP contribution in [-0.2, 0) is 11.0 Å². The monoisotopic (exact) mass is 324 g/mol. The Morgan fingerprint density at radius 3 is 2.48 bits per heavy atom. The highest BCUT2D eigenvalue weighted by Crippen LogP contribution is 2.38. The van der Waals surface area contributed by atoms with E-state index in [4.69, 9.17) is 4.74 Å². The molecule has 1 aromatic carbocycles. The SMILES string of the molecule is COc1ccc(C(O)C(O)CSC(C)=O)c(C(F)(F)F)c1. The first-order chi connectivity index (χ1) is 9.66. The molecule has 4 nitrogen and oxygen atoms in total. The summed E-state index contributed by atoms with van der Waals surface area (Å²) in [6.45, 7) is 1.26. The molecule has 8 heteroatoms. The standard InChI is InChI=1S/C13H15F3O4S/c1-7(17)21-6-11(18)12(19)9-4-3-8(20-2)5-10(9)13(14,15)16/h3-5,11-12,18-19H,6H2,1-2H3. The largest absolute Gasteiger partial charge is 0.497 e. The van der Waals surface area contributed by atoms with Gasteiger partial charge in [0.15, 0.2) is 5.12 Å². The van der Waals surface area contributed by atoms with Gasteiger partial charge in [-0.1, -0.05) is 17.8 Å². The lowest BCUT2D eigenvalue weighted by molar-refractivity contribution is -0.139. The minimum absolute atomic E-state index is 0.00845. The van der Waals surface area contributed by atoms with Crippen LogP contribution < -0.4 is 4.74 Å². The number of halogens is 3. The van der Waals surface area contributed by atoms with Crippen LogP contribution in [0, 0.1) is 0 Å². The molecule has 2 unspecified atom stereocenters. The molecule has 0 amide bonds. The summed E-state index contributed by atoms with van der Waals surface area (Å²) in [6, 6.07) is 3.07. The first-order valence-electron chi connectivity index (χ1n) is 5.91. The molecule has 0 saturated heterocycles. The molecular weight excluding hydrogens is 309 g/mol. The summed E-state index contributed by atoms with van der Waals surface area (Å²) in [4.78, 5) is 10.8. The van der Waals surface area contributed by atoms with Gasteiger partial charge in [0, 0.05) is 12.7 Å². The number of benzene rings is 1. The number of carbonyl (C=O) groups is 1. The van der Waals surface area contributed by atoms with E-state index >= 15 is 0 Å². The predicted octanol–water partition coefficient (Wildman–Crippen LogP) is 2.39. The smallest absolute Gasteiger partial charge is 0.416 e. The van der Waals surface area contributed by atoms with Crippen LogP contribution in [0.5, 0.6) is 5.75 Å². The highest BCUT2D eigenvalue weighted by molar-refractivity contribution is 8.13. The van der Waals surface area contributed by atoms with E-state index in [1.165, 1.54) is 20.1 Å². The van der Waals surface area contributed by atoms with Crippen LogP contribution in [-0.4, -0.2) is 34.3 Å². The van der Waals surface area contributed by atoms with Crippen molar-refractivity contribution in [2.75, 3.05) is 12.9 Å². The molecule has 0 saturated carbocycles. The molecule has 2 atom stereocenters. The summed E-state index contributed by atoms with van der Waals surface area (Å²) in [5, 5.41) is 19.3. The van der Waals surface area contributed by atoms with Crippen molar-refractivity contribution in [3.05, 3.63) is 29.3 Å². The number of aliphatic hydroxyl groups is 2. The van der Waals surface area contributed by atoms with E-state index in [0.29, 0.717) is 0 Å². The number of hydrogen-bond acceptors (Lipinski definition) is 5. The van der Waals surface area contributed by atoms with E-state index in [9.17, 15) is 28.2 Å². The third-order valence-corrected chi connectivity index (χ3v) is 3.62. The Kier molecular flexibility index (Phi) is 6.06. The van der Waals surface area contributed by atoms with Crippen molar-refractivity contribution in [1.29, 1.82) is 0 Å². The maximum atomic E-state index is 13.0. The van der Waals surface area contributed by atoms with Gasteiger partial charge in [0.2, 0.25) is 0 Å². The molecule has 1 aromatic rings. The van der Waals surface area contributed by atoms with Gasteiger partial charge in [-0.05, 0) is 17.7 Å². The Labute approximate surface area is 123 Å². The number of aliphatic hydroxyl groups excluding tert-OH is 2. The van der Waals surface area contributed by atoms with E-state index in [-0.39, 0.29) is 16.6 Å². The number of alkyl halides is 3. The van der Waals surface area contributed by atoms with Crippen molar-refractivity contribution in [1.82, 2.24) is 0 Å². The summed E-state index contributed by atoms with van der Waals surface area (Å²) >= 11 is 0.729. The summed E-state index contributed by atoms with van der Waals surface area (Å²) in [5.41, 5.74) is -1.54. The van der Waals surface area contributed by atoms with E-state index in [0.717, 1.165) is 23.9 Å². The summed E-state index contributed by atoms with van der Waals surface area (Å²) in [6.07, 6.45) is -7.94. The fraction of sp³-hybridized carbons (Fsp3) is 0.462. The molecule has 0 heterocycles. The van der Waals surface area contributed by atoms with Crippen molar-refractivity contribution in [2.24, 2.45) is 0 Å². The maximum absolute atomic E-state index is 13.0. The first-order valence-corrected chi connectivity index (χ1v) is 6.90. The average Bonchev–Trinajstić information content (AvgIpc) is 2.42. The van der Waals surface area contributed by atoms with Crippen LogP contribution >= 0.6 is 11.8 Å². The molecule has 1 rings (SSSR count). The Morgan fingerprint density at radius 1 is 1.38 bits per heavy atom. The molecule has 0 radical (unpaired) electrons. The van der Waals surface area contributed by atoms with Gasteiger partial charge in [-0.3, -0.25) is 4.79 Å². The molecule has 0 aliphatic rings. The van der Waals surface area contributed by atoms with Gasteiger partial charge in [0.25, 0.3) is 0 Å². The van der Waals surface area contributed by atoms with Gasteiger partial charge in [0.05, 0.1) is 18.8 Å². The molecule has 0 aromatic heterocycles. The Balaban J connectivity index is 3.08. The lowest BCUT2D eigenvalue weighted by Crippen LogP contribution is -2.24. The predicted molar refractivity (Wildman–Crippen MR) is 72.1 cm³/mol. The zero-order chi connectivity index (χ0) is 16.2. The van der Waals surface area contributed by atoms with Gasteiger partial charge in [0.1, 0.15) is 11.9 Å². The maximum Gasteiger partial charge on any atom is 0.416 e. The van der Waals surface area contributed by atoms with Crippen LogP contribution in [0.1, 0.15) is 24.2 Å². The van der Waals surface area contributed by atoms with Gasteiger partial charge in [-0.2, -0.15) is 13.2 Å². The number of hydrogen-bond donors (Lipinski definition) is 2. The number of thioether (sulfide) groups is 1. The van der Waals surface area contributed by atoms with Crippen LogP contribution in [0.2, 0.25) is 0 Å². The van der Waals surface area contributed by atoms with Crippen LogP contribution in [0.4, 0.5) is 13.2 Å². The van der Waals surface area contributed by atoms with Gasteiger partial charge in [-0.25, -0.2) is 0 Å². The molecule has 21 heavy (non-hydrogen) atoms. The van der Waals surface area contributed by atoms with Crippen LogP contribution in [0.25, 0.3) is 0 Å². The van der Waals surface area contributed by atoms with Crippen molar-refractivity contribution in [2.45, 2.75) is 25.3 Å². The molecule has 118 valence electrons. The first kappa shape index (κ1) is 17.8. The third kappa shape index (κ3) is 4.90. The van der Waals surface area contributed by atoms with E-state index in [2.05, 4.69) is 0 Å². The minimum atomic E-state index is -4.70. The number of carbonyl (C=O) groups excluding carboxylic acids is 1. The Bertz CT molecular complexity index is 505. The van der Waals surface area contributed by atoms with Crippen LogP contribution in [0.15, 0.2) is 18.2 Å². The Hall–Kier alpha value is -1.25. The summed E-state index contributed by atoms with van der Waals surface area (Å²) in [7, 11) is 1.23. The van der Waals surface area contributed by atoms with Crippen molar-refractivity contribution < 1.29 is 32.9 Å². The lowest BCUT2D eigenvalue weighted by atomic mass is 9.98. The van der Waals surface area contributed by atoms with Crippen LogP contribution in [0.3, 0.4) is 0 Å². The Morgan fingerprint density at radius 2 is 2.00 bits per heavy atom. The molecule has 0 aliphatic carbocycles. The summed E-state index contributed by atoms with van der Waals surface area (Å²) < 4.78 is 43.7. The van der Waals surface area contributed by atoms with E-state index in [1.54, 1.807) is 0 Å². The topological polar surface area (TPSA) is 66.8 Å². The fourth-order valence-electron chi connectivity index (χ4n) is 1.67. The van der Waals surface area contributed by atoms with Gasteiger partial charge < -0.3 is 14.9 Å². The van der Waals surface area contributed by atoms with E-state index < -0.39 is 29.5 Å². The third-order valence-electron chi connectivity index (χ3n) is 2.71. The highest BCUT2D eigenvalue weighted by Gasteiger charge is 2.37. The van der Waals surface area contributed by atoms with Gasteiger partial charge >= 0.3 is 6.18 Å². The number of methoxy groups -OCH3 is 1. The molecule has 0 spiro atoms. The molecule has 0 fully saturated rings. The highest BCUT2D eigenvalue weighted by atomic mass is 32.2. The van der Waals surface area contributed by atoms with Crippen molar-refractivity contribution >= 4 is 16.9 Å². The minimum Gasteiger partial charge on any atom is -0.497 e. The molecule has 0 aliphatic heterocycles. The average molecular weight is 324 g/mol. The van der Waals surface area contributed by atoms with Crippen molar-refractivity contribution in [3.63, 3.8) is 0 Å². The molecule has 2 N–H and O–H groups in total. The second-order valence-corrected chi connectivity index (χ2v) is 5.46. The normalized spacial score (nSPS) is 14.6. The zero-order valence-corrected chi connectivity index (χ0v) is 12.2. The molecular formula is C13H15F3O4S. The van der Waals surface area contributed by atoms with Crippen molar-refractivity contribution in [3.8, 4) is 5.75 Å². The zero-order valence-electron chi connectivity index (χ0n) is 11.3. The second-order valence-electron chi connectivity index (χ2n) is 4.27. The van der Waals surface area contributed by atoms with Gasteiger partial charge in [-0.15, -0.1) is 0 Å². The second kappa shape index (κ2) is 7.15.